The highest BCUT2D eigenvalue weighted by Crippen LogP contribution is 2.16. The van der Waals surface area contributed by atoms with E-state index in [2.05, 4.69) is 25.8 Å². The average Bonchev–Trinajstić information content (AvgIpc) is 3.20. The minimum atomic E-state index is -0.0786. The highest BCUT2D eigenvalue weighted by Gasteiger charge is 2.25. The van der Waals surface area contributed by atoms with Gasteiger partial charge in [-0.2, -0.15) is 5.10 Å². The number of piperidine rings is 1. The number of nitrogens with zero attached hydrogens (tertiary/aromatic N) is 6. The predicted molar refractivity (Wildman–Crippen MR) is 95.9 cm³/mol. The Morgan fingerprint density at radius 3 is 2.58 bits per heavy atom. The molecule has 132 valence electrons. The lowest BCUT2D eigenvalue weighted by Gasteiger charge is -2.32. The van der Waals surface area contributed by atoms with Crippen molar-refractivity contribution >= 4 is 11.7 Å². The van der Waals surface area contributed by atoms with Gasteiger partial charge in [0.1, 0.15) is 5.82 Å². The van der Waals surface area contributed by atoms with Crippen molar-refractivity contribution in [1.29, 1.82) is 0 Å². The molecule has 1 saturated heterocycles. The molecule has 1 amide bonds. The Kier molecular flexibility index (Phi) is 4.55. The number of aromatic nitrogens is 5. The van der Waals surface area contributed by atoms with Crippen LogP contribution in [0.2, 0.25) is 0 Å². The molecular formula is C18H19N7O. The summed E-state index contributed by atoms with van der Waals surface area (Å²) in [5, 5.41) is 19.4. The molecule has 2 aromatic heterocycles. The Hall–Kier alpha value is -3.29. The van der Waals surface area contributed by atoms with Gasteiger partial charge in [0.05, 0.1) is 11.9 Å². The Morgan fingerprint density at radius 1 is 1.04 bits per heavy atom. The highest BCUT2D eigenvalue weighted by atomic mass is 16.2. The van der Waals surface area contributed by atoms with Crippen molar-refractivity contribution in [2.75, 3.05) is 18.4 Å². The maximum atomic E-state index is 12.7. The van der Waals surface area contributed by atoms with Crippen molar-refractivity contribution in [3.05, 3.63) is 60.6 Å². The van der Waals surface area contributed by atoms with Gasteiger partial charge in [0, 0.05) is 25.3 Å². The number of hydrogen-bond acceptors (Lipinski definition) is 6. The van der Waals surface area contributed by atoms with Crippen molar-refractivity contribution in [2.45, 2.75) is 18.9 Å². The molecule has 8 heteroatoms. The summed E-state index contributed by atoms with van der Waals surface area (Å²) in [6.07, 6.45) is 5.04. The van der Waals surface area contributed by atoms with Crippen LogP contribution in [-0.2, 0) is 0 Å². The molecule has 0 aliphatic carbocycles. The second-order valence-electron chi connectivity index (χ2n) is 6.20. The third-order valence-corrected chi connectivity index (χ3v) is 4.44. The summed E-state index contributed by atoms with van der Waals surface area (Å²) in [4.78, 5) is 14.5. The van der Waals surface area contributed by atoms with Crippen LogP contribution in [0.4, 0.5) is 5.82 Å². The van der Waals surface area contributed by atoms with E-state index in [1.165, 1.54) is 0 Å². The number of amides is 1. The van der Waals surface area contributed by atoms with E-state index >= 15 is 0 Å². The first-order valence-corrected chi connectivity index (χ1v) is 8.61. The van der Waals surface area contributed by atoms with Crippen molar-refractivity contribution in [2.24, 2.45) is 0 Å². The van der Waals surface area contributed by atoms with Gasteiger partial charge >= 0.3 is 0 Å². The first kappa shape index (κ1) is 16.2. The van der Waals surface area contributed by atoms with Crippen LogP contribution in [-0.4, -0.2) is 55.1 Å². The van der Waals surface area contributed by atoms with E-state index in [-0.39, 0.29) is 11.9 Å². The number of nitrogens with one attached hydrogen (secondary N) is 1. The molecule has 4 rings (SSSR count). The molecule has 1 fully saturated rings. The Labute approximate surface area is 150 Å². The van der Waals surface area contributed by atoms with Gasteiger partial charge in [-0.1, -0.05) is 23.4 Å². The summed E-state index contributed by atoms with van der Waals surface area (Å²) < 4.78 is 1.62. The molecular weight excluding hydrogens is 330 g/mol. The van der Waals surface area contributed by atoms with Crippen LogP contribution in [0.1, 0.15) is 23.3 Å². The molecule has 1 N–H and O–H groups in total. The van der Waals surface area contributed by atoms with Gasteiger partial charge in [-0.3, -0.25) is 4.79 Å². The van der Waals surface area contributed by atoms with Gasteiger partial charge in [0.15, 0.2) is 5.69 Å². The Balaban J connectivity index is 1.36. The summed E-state index contributed by atoms with van der Waals surface area (Å²) in [6.45, 7) is 1.35. The predicted octanol–water partition coefficient (Wildman–Crippen LogP) is 1.77. The topological polar surface area (TPSA) is 88.8 Å². The number of hydrogen-bond donors (Lipinski definition) is 1. The van der Waals surface area contributed by atoms with Crippen LogP contribution in [0.5, 0.6) is 0 Å². The molecule has 1 aliphatic rings. The second-order valence-corrected chi connectivity index (χ2v) is 6.20. The zero-order valence-electron chi connectivity index (χ0n) is 14.2. The lowest BCUT2D eigenvalue weighted by molar-refractivity contribution is 0.0712. The SMILES string of the molecule is O=C(c1cn(-c2ccccc2)nn1)N1CCC(Nc2cccnn2)CC1. The fourth-order valence-electron chi connectivity index (χ4n) is 3.05. The number of para-hydroxylation sites is 1. The third kappa shape index (κ3) is 3.53. The number of carbonyl (C=O) groups excluding carboxylic acids is 1. The summed E-state index contributed by atoms with van der Waals surface area (Å²) in [7, 11) is 0. The van der Waals surface area contributed by atoms with Crippen molar-refractivity contribution in [3.63, 3.8) is 0 Å². The van der Waals surface area contributed by atoms with Crippen LogP contribution in [0.15, 0.2) is 54.9 Å². The molecule has 0 saturated carbocycles. The first-order valence-electron chi connectivity index (χ1n) is 8.61. The molecule has 26 heavy (non-hydrogen) atoms. The van der Waals surface area contributed by atoms with E-state index in [9.17, 15) is 4.79 Å². The number of likely N-dealkylation sites (tertiary alicyclic amines) is 1. The highest BCUT2D eigenvalue weighted by molar-refractivity contribution is 5.92. The maximum Gasteiger partial charge on any atom is 0.276 e. The molecule has 1 aliphatic heterocycles. The Bertz CT molecular complexity index is 858. The number of carbonyl (C=O) groups is 1. The first-order chi connectivity index (χ1) is 12.8. The Morgan fingerprint density at radius 2 is 1.85 bits per heavy atom. The van der Waals surface area contributed by atoms with Gasteiger partial charge in [0.25, 0.3) is 5.91 Å². The molecule has 0 bridgehead atoms. The van der Waals surface area contributed by atoms with Crippen molar-refractivity contribution in [1.82, 2.24) is 30.1 Å². The van der Waals surface area contributed by atoms with Gasteiger partial charge in [-0.05, 0) is 37.1 Å². The van der Waals surface area contributed by atoms with Crippen LogP contribution < -0.4 is 5.32 Å². The van der Waals surface area contributed by atoms with E-state index in [0.29, 0.717) is 18.8 Å². The summed E-state index contributed by atoms with van der Waals surface area (Å²) in [6, 6.07) is 13.7. The van der Waals surface area contributed by atoms with Crippen LogP contribution in [0.3, 0.4) is 0 Å². The van der Waals surface area contributed by atoms with Gasteiger partial charge < -0.3 is 10.2 Å². The lowest BCUT2D eigenvalue weighted by atomic mass is 10.0. The summed E-state index contributed by atoms with van der Waals surface area (Å²) in [5.41, 5.74) is 1.25. The number of anilines is 1. The summed E-state index contributed by atoms with van der Waals surface area (Å²) >= 11 is 0. The number of rotatable bonds is 4. The van der Waals surface area contributed by atoms with Crippen molar-refractivity contribution < 1.29 is 4.79 Å². The van der Waals surface area contributed by atoms with Crippen LogP contribution >= 0.6 is 0 Å². The van der Waals surface area contributed by atoms with Crippen molar-refractivity contribution in [3.8, 4) is 5.69 Å². The van der Waals surface area contributed by atoms with Gasteiger partial charge in [-0.15, -0.1) is 10.2 Å². The molecule has 8 nitrogen and oxygen atoms in total. The zero-order valence-corrected chi connectivity index (χ0v) is 14.2. The molecule has 3 heterocycles. The zero-order chi connectivity index (χ0) is 17.8. The standard InChI is InChI=1S/C18H19N7O/c26-18(16-13-25(23-21-16)15-5-2-1-3-6-15)24-11-8-14(9-12-24)20-17-7-4-10-19-22-17/h1-7,10,13-14H,8-9,11-12H2,(H,20,22). The normalized spacial score (nSPS) is 15.0. The van der Waals surface area contributed by atoms with Gasteiger partial charge in [-0.25, -0.2) is 4.68 Å². The van der Waals surface area contributed by atoms with E-state index in [0.717, 1.165) is 24.3 Å². The quantitative estimate of drug-likeness (QED) is 0.772. The second kappa shape index (κ2) is 7.30. The maximum absolute atomic E-state index is 12.7. The average molecular weight is 349 g/mol. The fourth-order valence-corrected chi connectivity index (χ4v) is 3.05. The minimum Gasteiger partial charge on any atom is -0.366 e. The fraction of sp³-hybridized carbons (Fsp3) is 0.278. The van der Waals surface area contributed by atoms with E-state index in [1.807, 2.05) is 47.4 Å². The largest absolute Gasteiger partial charge is 0.366 e. The molecule has 1 aromatic carbocycles. The summed E-state index contributed by atoms with van der Waals surface area (Å²) in [5.74, 6) is 0.688. The molecule has 0 atom stereocenters. The molecule has 0 radical (unpaired) electrons. The van der Waals surface area contributed by atoms with E-state index in [1.54, 1.807) is 17.1 Å². The van der Waals surface area contributed by atoms with Crippen LogP contribution in [0.25, 0.3) is 5.69 Å². The van der Waals surface area contributed by atoms with E-state index in [4.69, 9.17) is 0 Å². The molecule has 0 spiro atoms. The number of benzene rings is 1. The van der Waals surface area contributed by atoms with Crippen LogP contribution in [0, 0.1) is 0 Å². The monoisotopic (exact) mass is 349 g/mol. The molecule has 3 aromatic rings. The smallest absolute Gasteiger partial charge is 0.276 e. The van der Waals surface area contributed by atoms with E-state index < -0.39 is 0 Å². The lowest BCUT2D eigenvalue weighted by Crippen LogP contribution is -2.42. The third-order valence-electron chi connectivity index (χ3n) is 4.44. The molecule has 0 unspecified atom stereocenters. The van der Waals surface area contributed by atoms with Gasteiger partial charge in [0.2, 0.25) is 0 Å². The minimum absolute atomic E-state index is 0.0786.